The quantitative estimate of drug-likeness (QED) is 0.300. The lowest BCUT2D eigenvalue weighted by Gasteiger charge is -2.03. The van der Waals surface area contributed by atoms with Gasteiger partial charge in [-0.15, -0.1) is 0 Å². The number of rotatable bonds is 7. The zero-order valence-corrected chi connectivity index (χ0v) is 9.73. The van der Waals surface area contributed by atoms with Crippen LogP contribution in [0.3, 0.4) is 0 Å². The zero-order valence-electron chi connectivity index (χ0n) is 8.14. The molecule has 0 radical (unpaired) electrons. The smallest absolute Gasteiger partial charge is 0.333 e. The predicted molar refractivity (Wildman–Crippen MR) is 58.0 cm³/mol. The lowest BCUT2D eigenvalue weighted by atomic mass is 10.2. The highest BCUT2D eigenvalue weighted by atomic mass is 79.9. The number of unbranched alkanes of at least 4 members (excludes halogenated alkanes) is 3. The van der Waals surface area contributed by atoms with E-state index in [-0.39, 0.29) is 5.97 Å². The van der Waals surface area contributed by atoms with Gasteiger partial charge in [0.25, 0.3) is 0 Å². The lowest BCUT2D eigenvalue weighted by molar-refractivity contribution is -0.139. The number of hydrogen-bond acceptors (Lipinski definition) is 2. The fourth-order valence-electron chi connectivity index (χ4n) is 0.838. The Morgan fingerprint density at radius 3 is 2.46 bits per heavy atom. The van der Waals surface area contributed by atoms with Gasteiger partial charge >= 0.3 is 5.97 Å². The molecule has 0 saturated heterocycles. The van der Waals surface area contributed by atoms with E-state index in [1.165, 1.54) is 12.8 Å². The van der Waals surface area contributed by atoms with Crippen LogP contribution >= 0.6 is 15.9 Å². The molecule has 2 nitrogen and oxygen atoms in total. The molecule has 0 aromatic carbocycles. The molecule has 13 heavy (non-hydrogen) atoms. The molecule has 0 saturated carbocycles. The predicted octanol–water partition coefficient (Wildman–Crippen LogP) is 3.06. The number of halogens is 1. The van der Waals surface area contributed by atoms with Crippen LogP contribution in [-0.2, 0) is 9.53 Å². The molecular formula is C10H17BrO2. The standard InChI is InChI=1S/C10H17BrO2/c1-9(2)10(12)13-8-6-4-3-5-7-11/h1,3-8H2,2H3. The summed E-state index contributed by atoms with van der Waals surface area (Å²) < 4.78 is 4.93. The summed E-state index contributed by atoms with van der Waals surface area (Å²) in [4.78, 5) is 10.9. The van der Waals surface area contributed by atoms with Gasteiger partial charge in [-0.05, 0) is 19.8 Å². The maximum Gasteiger partial charge on any atom is 0.333 e. The number of alkyl halides is 1. The van der Waals surface area contributed by atoms with Crippen molar-refractivity contribution in [1.82, 2.24) is 0 Å². The molecule has 0 unspecified atom stereocenters. The first-order chi connectivity index (χ1) is 6.18. The maximum atomic E-state index is 10.9. The van der Waals surface area contributed by atoms with Crippen molar-refractivity contribution >= 4 is 21.9 Å². The number of esters is 1. The van der Waals surface area contributed by atoms with Crippen LogP contribution in [0.1, 0.15) is 32.6 Å². The molecule has 0 aliphatic carbocycles. The molecule has 3 heteroatoms. The molecule has 0 aromatic heterocycles. The molecule has 0 aliphatic rings. The van der Waals surface area contributed by atoms with Crippen LogP contribution in [0.4, 0.5) is 0 Å². The van der Waals surface area contributed by atoms with Gasteiger partial charge in [0.1, 0.15) is 0 Å². The van der Waals surface area contributed by atoms with Gasteiger partial charge in [0.15, 0.2) is 0 Å². The minimum absolute atomic E-state index is 0.277. The van der Waals surface area contributed by atoms with E-state index in [9.17, 15) is 4.79 Å². The van der Waals surface area contributed by atoms with Crippen molar-refractivity contribution < 1.29 is 9.53 Å². The molecule has 0 bridgehead atoms. The third-order valence-electron chi connectivity index (χ3n) is 1.61. The van der Waals surface area contributed by atoms with Crippen LogP contribution in [0.15, 0.2) is 12.2 Å². The summed E-state index contributed by atoms with van der Waals surface area (Å²) in [5, 5.41) is 1.05. The summed E-state index contributed by atoms with van der Waals surface area (Å²) in [6.07, 6.45) is 4.45. The van der Waals surface area contributed by atoms with Gasteiger partial charge < -0.3 is 4.74 Å². The van der Waals surface area contributed by atoms with Gasteiger partial charge in [0.05, 0.1) is 6.61 Å². The van der Waals surface area contributed by atoms with E-state index >= 15 is 0 Å². The van der Waals surface area contributed by atoms with Crippen LogP contribution in [0.5, 0.6) is 0 Å². The lowest BCUT2D eigenvalue weighted by Crippen LogP contribution is -2.05. The van der Waals surface area contributed by atoms with Crippen LogP contribution < -0.4 is 0 Å². The Labute approximate surface area is 88.5 Å². The van der Waals surface area contributed by atoms with Crippen molar-refractivity contribution in [3.8, 4) is 0 Å². The number of carbonyl (C=O) groups is 1. The van der Waals surface area contributed by atoms with Crippen molar-refractivity contribution in [3.05, 3.63) is 12.2 Å². The van der Waals surface area contributed by atoms with Crippen molar-refractivity contribution in [2.45, 2.75) is 32.6 Å². The van der Waals surface area contributed by atoms with Crippen LogP contribution in [0.2, 0.25) is 0 Å². The minimum atomic E-state index is -0.277. The fraction of sp³-hybridized carbons (Fsp3) is 0.700. The Balaban J connectivity index is 3.16. The first-order valence-electron chi connectivity index (χ1n) is 4.57. The average molecular weight is 249 g/mol. The van der Waals surface area contributed by atoms with E-state index in [1.807, 2.05) is 0 Å². The monoisotopic (exact) mass is 248 g/mol. The van der Waals surface area contributed by atoms with E-state index < -0.39 is 0 Å². The van der Waals surface area contributed by atoms with Gasteiger partial charge in [-0.2, -0.15) is 0 Å². The summed E-state index contributed by atoms with van der Waals surface area (Å²) in [6, 6.07) is 0. The van der Waals surface area contributed by atoms with Crippen molar-refractivity contribution in [2.24, 2.45) is 0 Å². The molecule has 0 aliphatic heterocycles. The fourth-order valence-corrected chi connectivity index (χ4v) is 1.23. The van der Waals surface area contributed by atoms with Gasteiger partial charge in [-0.3, -0.25) is 0 Å². The van der Waals surface area contributed by atoms with E-state index in [1.54, 1.807) is 6.92 Å². The maximum absolute atomic E-state index is 10.9. The first-order valence-corrected chi connectivity index (χ1v) is 5.69. The van der Waals surface area contributed by atoms with Gasteiger partial charge in [0.2, 0.25) is 0 Å². The molecule has 0 rings (SSSR count). The van der Waals surface area contributed by atoms with Gasteiger partial charge in [0, 0.05) is 10.9 Å². The highest BCUT2D eigenvalue weighted by Gasteiger charge is 2.01. The topological polar surface area (TPSA) is 26.3 Å². The highest BCUT2D eigenvalue weighted by molar-refractivity contribution is 9.09. The third-order valence-corrected chi connectivity index (χ3v) is 2.17. The summed E-state index contributed by atoms with van der Waals surface area (Å²) in [5.74, 6) is -0.277. The van der Waals surface area contributed by atoms with Crippen LogP contribution in [0.25, 0.3) is 0 Å². The second kappa shape index (κ2) is 8.30. The summed E-state index contributed by atoms with van der Waals surface area (Å²) >= 11 is 3.36. The molecule has 0 spiro atoms. The largest absolute Gasteiger partial charge is 0.462 e. The molecule has 0 heterocycles. The Morgan fingerprint density at radius 1 is 1.31 bits per heavy atom. The van der Waals surface area contributed by atoms with Gasteiger partial charge in [-0.25, -0.2) is 4.79 Å². The molecule has 0 N–H and O–H groups in total. The van der Waals surface area contributed by atoms with E-state index in [0.717, 1.165) is 18.2 Å². The molecule has 0 atom stereocenters. The number of carbonyl (C=O) groups excluding carboxylic acids is 1. The van der Waals surface area contributed by atoms with Crippen molar-refractivity contribution in [2.75, 3.05) is 11.9 Å². The zero-order chi connectivity index (χ0) is 10.1. The second-order valence-corrected chi connectivity index (χ2v) is 3.81. The Morgan fingerprint density at radius 2 is 1.92 bits per heavy atom. The SMILES string of the molecule is C=C(C)C(=O)OCCCCCCBr. The van der Waals surface area contributed by atoms with E-state index in [4.69, 9.17) is 4.74 Å². The normalized spacial score (nSPS) is 9.69. The van der Waals surface area contributed by atoms with Gasteiger partial charge in [-0.1, -0.05) is 35.4 Å². The molecular weight excluding hydrogens is 232 g/mol. The van der Waals surface area contributed by atoms with Crippen molar-refractivity contribution in [1.29, 1.82) is 0 Å². The molecule has 0 aromatic rings. The highest BCUT2D eigenvalue weighted by Crippen LogP contribution is 2.02. The Hall–Kier alpha value is -0.310. The number of ether oxygens (including phenoxy) is 1. The Bertz CT molecular complexity index is 166. The third kappa shape index (κ3) is 8.03. The molecule has 0 fully saturated rings. The number of hydrogen-bond donors (Lipinski definition) is 0. The van der Waals surface area contributed by atoms with Crippen molar-refractivity contribution in [3.63, 3.8) is 0 Å². The minimum Gasteiger partial charge on any atom is -0.462 e. The second-order valence-electron chi connectivity index (χ2n) is 3.02. The first kappa shape index (κ1) is 12.7. The molecule has 76 valence electrons. The van der Waals surface area contributed by atoms with Crippen LogP contribution in [0, 0.1) is 0 Å². The van der Waals surface area contributed by atoms with E-state index in [0.29, 0.717) is 12.2 Å². The van der Waals surface area contributed by atoms with Crippen LogP contribution in [-0.4, -0.2) is 17.9 Å². The van der Waals surface area contributed by atoms with E-state index in [2.05, 4.69) is 22.5 Å². The molecule has 0 amide bonds. The summed E-state index contributed by atoms with van der Waals surface area (Å²) in [5.41, 5.74) is 0.473. The Kier molecular flexibility index (Phi) is 8.10. The summed E-state index contributed by atoms with van der Waals surface area (Å²) in [6.45, 7) is 5.68. The summed E-state index contributed by atoms with van der Waals surface area (Å²) in [7, 11) is 0. The average Bonchev–Trinajstić information content (AvgIpc) is 2.10.